The normalized spacial score (nSPS) is 9.50. The summed E-state index contributed by atoms with van der Waals surface area (Å²) in [6.07, 6.45) is 6.82. The zero-order valence-electron chi connectivity index (χ0n) is 8.63. The van der Waals surface area contributed by atoms with Crippen LogP contribution in [0, 0.1) is 19.3 Å². The van der Waals surface area contributed by atoms with Gasteiger partial charge in [-0.25, -0.2) is 0 Å². The smallest absolute Gasteiger partial charge is 0.160 e. The van der Waals surface area contributed by atoms with Crippen molar-refractivity contribution in [2.75, 3.05) is 0 Å². The maximum absolute atomic E-state index is 11.2. The molecule has 0 aliphatic carbocycles. The van der Waals surface area contributed by atoms with Gasteiger partial charge in [-0.3, -0.25) is 4.79 Å². The van der Waals surface area contributed by atoms with Crippen molar-refractivity contribution in [2.24, 2.45) is 0 Å². The van der Waals surface area contributed by atoms with Crippen molar-refractivity contribution in [3.63, 3.8) is 0 Å². The largest absolute Gasteiger partial charge is 0.295 e. The first-order valence-corrected chi connectivity index (χ1v) is 4.69. The van der Waals surface area contributed by atoms with Gasteiger partial charge in [0.2, 0.25) is 0 Å². The fourth-order valence-corrected chi connectivity index (χ4v) is 1.49. The van der Waals surface area contributed by atoms with Gasteiger partial charge in [-0.1, -0.05) is 18.2 Å². The zero-order chi connectivity index (χ0) is 10.6. The highest BCUT2D eigenvalue weighted by atomic mass is 16.1. The average molecular weight is 186 g/mol. The lowest BCUT2D eigenvalue weighted by Gasteiger charge is -2.04. The van der Waals surface area contributed by atoms with Gasteiger partial charge in [0.05, 0.1) is 0 Å². The summed E-state index contributed by atoms with van der Waals surface area (Å²) in [7, 11) is 0. The average Bonchev–Trinajstić information content (AvgIpc) is 2.14. The molecule has 0 aliphatic rings. The molecule has 0 fully saturated rings. The number of terminal acetylenes is 1. The SMILES string of the molecule is C#CCCc1ccc(C(C)=O)c(C)c1. The Labute approximate surface area is 85.1 Å². The molecule has 0 radical (unpaired) electrons. The fourth-order valence-electron chi connectivity index (χ4n) is 1.49. The topological polar surface area (TPSA) is 17.1 Å². The molecule has 0 aliphatic heterocycles. The molecule has 14 heavy (non-hydrogen) atoms. The van der Waals surface area contributed by atoms with E-state index in [9.17, 15) is 4.79 Å². The fraction of sp³-hybridized carbons (Fsp3) is 0.308. The van der Waals surface area contributed by atoms with Crippen LogP contribution in [-0.2, 0) is 6.42 Å². The molecule has 0 amide bonds. The van der Waals surface area contributed by atoms with Gasteiger partial charge >= 0.3 is 0 Å². The van der Waals surface area contributed by atoms with E-state index in [0.717, 1.165) is 24.0 Å². The predicted octanol–water partition coefficient (Wildman–Crippen LogP) is 2.76. The molecule has 0 saturated carbocycles. The minimum Gasteiger partial charge on any atom is -0.295 e. The number of carbonyl (C=O) groups excluding carboxylic acids is 1. The van der Waals surface area contributed by atoms with E-state index in [2.05, 4.69) is 5.92 Å². The van der Waals surface area contributed by atoms with Crippen LogP contribution in [0.25, 0.3) is 0 Å². The second-order valence-corrected chi connectivity index (χ2v) is 3.41. The summed E-state index contributed by atoms with van der Waals surface area (Å²) in [6, 6.07) is 5.89. The van der Waals surface area contributed by atoms with Gasteiger partial charge in [0.1, 0.15) is 0 Å². The monoisotopic (exact) mass is 186 g/mol. The number of benzene rings is 1. The lowest BCUT2D eigenvalue weighted by atomic mass is 10.0. The lowest BCUT2D eigenvalue weighted by molar-refractivity contribution is 0.101. The Morgan fingerprint density at radius 2 is 2.21 bits per heavy atom. The van der Waals surface area contributed by atoms with Crippen molar-refractivity contribution >= 4 is 5.78 Å². The molecule has 1 aromatic rings. The summed E-state index contributed by atoms with van der Waals surface area (Å²) in [5.74, 6) is 2.72. The Bertz CT molecular complexity index is 383. The van der Waals surface area contributed by atoms with Crippen LogP contribution in [0.15, 0.2) is 18.2 Å². The molecular weight excluding hydrogens is 172 g/mol. The summed E-state index contributed by atoms with van der Waals surface area (Å²) in [4.78, 5) is 11.2. The van der Waals surface area contributed by atoms with E-state index in [-0.39, 0.29) is 5.78 Å². The second kappa shape index (κ2) is 4.62. The van der Waals surface area contributed by atoms with Gasteiger partial charge in [-0.15, -0.1) is 12.3 Å². The van der Waals surface area contributed by atoms with Crippen LogP contribution in [0.1, 0.15) is 34.8 Å². The Morgan fingerprint density at radius 3 is 2.71 bits per heavy atom. The maximum Gasteiger partial charge on any atom is 0.160 e. The first kappa shape index (κ1) is 10.5. The zero-order valence-corrected chi connectivity index (χ0v) is 8.63. The molecule has 1 heteroatoms. The van der Waals surface area contributed by atoms with Crippen molar-refractivity contribution in [2.45, 2.75) is 26.7 Å². The molecule has 0 N–H and O–H groups in total. The quantitative estimate of drug-likeness (QED) is 0.524. The highest BCUT2D eigenvalue weighted by molar-refractivity contribution is 5.95. The Balaban J connectivity index is 2.90. The molecular formula is C13H14O. The molecule has 0 atom stereocenters. The number of carbonyl (C=O) groups is 1. The van der Waals surface area contributed by atoms with Crippen molar-refractivity contribution in [3.8, 4) is 12.3 Å². The third kappa shape index (κ3) is 2.47. The van der Waals surface area contributed by atoms with Crippen LogP contribution >= 0.6 is 0 Å². The van der Waals surface area contributed by atoms with Crippen LogP contribution < -0.4 is 0 Å². The maximum atomic E-state index is 11.2. The van der Waals surface area contributed by atoms with Crippen LogP contribution in [-0.4, -0.2) is 5.78 Å². The van der Waals surface area contributed by atoms with Crippen LogP contribution in [0.4, 0.5) is 0 Å². The molecule has 0 heterocycles. The van der Waals surface area contributed by atoms with Gasteiger partial charge in [0.15, 0.2) is 5.78 Å². The Hall–Kier alpha value is -1.55. The van der Waals surface area contributed by atoms with Gasteiger partial charge in [-0.2, -0.15) is 0 Å². The van der Waals surface area contributed by atoms with E-state index in [1.165, 1.54) is 5.56 Å². The number of aryl methyl sites for hydroxylation is 2. The van der Waals surface area contributed by atoms with Crippen molar-refractivity contribution in [1.29, 1.82) is 0 Å². The number of rotatable bonds is 3. The summed E-state index contributed by atoms with van der Waals surface area (Å²) < 4.78 is 0. The number of ketones is 1. The summed E-state index contributed by atoms with van der Waals surface area (Å²) in [6.45, 7) is 3.54. The molecule has 0 bridgehead atoms. The van der Waals surface area contributed by atoms with Gasteiger partial charge < -0.3 is 0 Å². The minimum absolute atomic E-state index is 0.117. The third-order valence-corrected chi connectivity index (χ3v) is 2.23. The van der Waals surface area contributed by atoms with E-state index in [1.54, 1.807) is 6.92 Å². The standard InChI is InChI=1S/C13H14O/c1-4-5-6-12-7-8-13(11(3)14)10(2)9-12/h1,7-9H,5-6H2,2-3H3. The van der Waals surface area contributed by atoms with E-state index < -0.39 is 0 Å². The van der Waals surface area contributed by atoms with E-state index in [0.29, 0.717) is 0 Å². The van der Waals surface area contributed by atoms with Crippen LogP contribution in [0.2, 0.25) is 0 Å². The molecule has 0 unspecified atom stereocenters. The first-order chi connectivity index (χ1) is 6.65. The molecule has 0 saturated heterocycles. The second-order valence-electron chi connectivity index (χ2n) is 3.41. The molecule has 0 spiro atoms. The molecule has 1 rings (SSSR count). The van der Waals surface area contributed by atoms with E-state index >= 15 is 0 Å². The van der Waals surface area contributed by atoms with Crippen molar-refractivity contribution < 1.29 is 4.79 Å². The summed E-state index contributed by atoms with van der Waals surface area (Å²) in [5, 5.41) is 0. The first-order valence-electron chi connectivity index (χ1n) is 4.69. The highest BCUT2D eigenvalue weighted by Gasteiger charge is 2.03. The van der Waals surface area contributed by atoms with Gasteiger partial charge in [-0.05, 0) is 31.4 Å². The van der Waals surface area contributed by atoms with Crippen LogP contribution in [0.3, 0.4) is 0 Å². The predicted molar refractivity (Wildman–Crippen MR) is 58.3 cm³/mol. The molecule has 72 valence electrons. The number of Topliss-reactive ketones (excluding diaryl/α,β-unsaturated/α-hetero) is 1. The van der Waals surface area contributed by atoms with Crippen molar-refractivity contribution in [1.82, 2.24) is 0 Å². The third-order valence-electron chi connectivity index (χ3n) is 2.23. The summed E-state index contributed by atoms with van der Waals surface area (Å²) >= 11 is 0. The lowest BCUT2D eigenvalue weighted by Crippen LogP contribution is -1.97. The number of hydrogen-bond acceptors (Lipinski definition) is 1. The number of hydrogen-bond donors (Lipinski definition) is 0. The van der Waals surface area contributed by atoms with Gasteiger partial charge in [0, 0.05) is 12.0 Å². The molecule has 1 aromatic carbocycles. The van der Waals surface area contributed by atoms with E-state index in [1.807, 2.05) is 25.1 Å². The Kier molecular flexibility index (Phi) is 3.48. The highest BCUT2D eigenvalue weighted by Crippen LogP contribution is 2.12. The molecule has 1 nitrogen and oxygen atoms in total. The van der Waals surface area contributed by atoms with Crippen LogP contribution in [0.5, 0.6) is 0 Å². The minimum atomic E-state index is 0.117. The van der Waals surface area contributed by atoms with Crippen molar-refractivity contribution in [3.05, 3.63) is 34.9 Å². The molecule has 0 aromatic heterocycles. The van der Waals surface area contributed by atoms with E-state index in [4.69, 9.17) is 6.42 Å². The summed E-state index contributed by atoms with van der Waals surface area (Å²) in [5.41, 5.74) is 3.03. The van der Waals surface area contributed by atoms with Gasteiger partial charge in [0.25, 0.3) is 0 Å². The Morgan fingerprint density at radius 1 is 1.50 bits per heavy atom.